The van der Waals surface area contributed by atoms with Crippen LogP contribution in [0.2, 0.25) is 5.02 Å². The predicted molar refractivity (Wildman–Crippen MR) is 120 cm³/mol. The number of aromatic nitrogens is 3. The topological polar surface area (TPSA) is 63.0 Å². The lowest BCUT2D eigenvalue weighted by Crippen LogP contribution is -2.07. The van der Waals surface area contributed by atoms with Crippen LogP contribution in [0.15, 0.2) is 71.2 Å². The molecule has 0 aliphatic carbocycles. The highest BCUT2D eigenvalue weighted by Crippen LogP contribution is 2.30. The average Bonchev–Trinajstić information content (AvgIpc) is 3.13. The van der Waals surface area contributed by atoms with E-state index in [2.05, 4.69) is 31.6 Å². The molecule has 5 nitrogen and oxygen atoms in total. The van der Waals surface area contributed by atoms with Crippen LogP contribution >= 0.6 is 27.5 Å². The molecule has 1 heterocycles. The Morgan fingerprint density at radius 1 is 1.03 bits per heavy atom. The zero-order valence-corrected chi connectivity index (χ0v) is 17.9. The molecule has 0 bridgehead atoms. The largest absolute Gasteiger partial charge is 0.508 e. The lowest BCUT2D eigenvalue weighted by molar-refractivity contribution is 0.469. The molecule has 7 heteroatoms. The third-order valence-electron chi connectivity index (χ3n) is 4.55. The number of rotatable bonds is 5. The Balaban J connectivity index is 1.75. The van der Waals surface area contributed by atoms with E-state index in [1.165, 1.54) is 5.56 Å². The molecule has 0 unspecified atom stereocenters. The van der Waals surface area contributed by atoms with Crippen LogP contribution in [-0.2, 0) is 6.54 Å². The highest BCUT2D eigenvalue weighted by atomic mass is 79.9. The van der Waals surface area contributed by atoms with Crippen molar-refractivity contribution in [3.63, 3.8) is 0 Å². The Hall–Kier alpha value is -2.83. The van der Waals surface area contributed by atoms with Crippen LogP contribution in [0.4, 0.5) is 5.82 Å². The van der Waals surface area contributed by atoms with E-state index in [-0.39, 0.29) is 5.75 Å². The van der Waals surface area contributed by atoms with Crippen LogP contribution in [0.25, 0.3) is 16.9 Å². The van der Waals surface area contributed by atoms with Crippen molar-refractivity contribution in [1.29, 1.82) is 0 Å². The molecule has 0 spiro atoms. The Morgan fingerprint density at radius 2 is 1.76 bits per heavy atom. The zero-order valence-electron chi connectivity index (χ0n) is 15.6. The van der Waals surface area contributed by atoms with Gasteiger partial charge in [0, 0.05) is 27.2 Å². The van der Waals surface area contributed by atoms with E-state index in [1.807, 2.05) is 55.5 Å². The van der Waals surface area contributed by atoms with Gasteiger partial charge in [-0.25, -0.2) is 0 Å². The quantitative estimate of drug-likeness (QED) is 0.378. The van der Waals surface area contributed by atoms with E-state index in [0.717, 1.165) is 27.2 Å². The number of aryl methyl sites for hydroxylation is 1. The number of aromatic hydroxyl groups is 1. The smallest absolute Gasteiger partial charge is 0.158 e. The zero-order chi connectivity index (χ0) is 20.4. The lowest BCUT2D eigenvalue weighted by atomic mass is 10.1. The molecule has 0 saturated carbocycles. The Morgan fingerprint density at radius 3 is 2.48 bits per heavy atom. The summed E-state index contributed by atoms with van der Waals surface area (Å²) < 4.78 is 2.74. The predicted octanol–water partition coefficient (Wildman–Crippen LogP) is 5.98. The fourth-order valence-electron chi connectivity index (χ4n) is 2.98. The summed E-state index contributed by atoms with van der Waals surface area (Å²) in [7, 11) is 0. The minimum absolute atomic E-state index is 0.182. The summed E-state index contributed by atoms with van der Waals surface area (Å²) in [4.78, 5) is 0. The first kappa shape index (κ1) is 19.5. The molecule has 1 aromatic heterocycles. The molecule has 0 radical (unpaired) electrons. The first-order chi connectivity index (χ1) is 14.0. The maximum Gasteiger partial charge on any atom is 0.158 e. The molecule has 0 atom stereocenters. The van der Waals surface area contributed by atoms with Gasteiger partial charge in [0.15, 0.2) is 5.82 Å². The monoisotopic (exact) mass is 468 g/mol. The number of nitrogens with zero attached hydrogens (tertiary/aromatic N) is 3. The molecule has 4 aromatic rings. The van der Waals surface area contributed by atoms with E-state index in [4.69, 9.17) is 11.6 Å². The van der Waals surface area contributed by atoms with Crippen molar-refractivity contribution in [1.82, 2.24) is 15.0 Å². The number of phenols is 1. The van der Waals surface area contributed by atoms with E-state index >= 15 is 0 Å². The molecule has 0 saturated heterocycles. The van der Waals surface area contributed by atoms with Gasteiger partial charge in [0.1, 0.15) is 11.4 Å². The van der Waals surface area contributed by atoms with Crippen LogP contribution < -0.4 is 5.32 Å². The third-order valence-corrected chi connectivity index (χ3v) is 5.32. The first-order valence-electron chi connectivity index (χ1n) is 9.01. The van der Waals surface area contributed by atoms with E-state index in [1.54, 1.807) is 22.9 Å². The van der Waals surface area contributed by atoms with Crippen LogP contribution in [0.5, 0.6) is 5.75 Å². The lowest BCUT2D eigenvalue weighted by Gasteiger charge is -2.12. The highest BCUT2D eigenvalue weighted by Gasteiger charge is 2.17. The van der Waals surface area contributed by atoms with Gasteiger partial charge in [0.2, 0.25) is 0 Å². The second kappa shape index (κ2) is 8.27. The molecule has 0 aliphatic rings. The second-order valence-electron chi connectivity index (χ2n) is 6.67. The van der Waals surface area contributed by atoms with Crippen molar-refractivity contribution in [2.75, 3.05) is 5.32 Å². The number of hydrogen-bond donors (Lipinski definition) is 2. The van der Waals surface area contributed by atoms with Crippen LogP contribution in [0, 0.1) is 6.92 Å². The van der Waals surface area contributed by atoms with E-state index in [0.29, 0.717) is 17.1 Å². The number of nitrogens with one attached hydrogen (secondary N) is 1. The minimum atomic E-state index is 0.182. The fraction of sp³-hybridized carbons (Fsp3) is 0.0909. The van der Waals surface area contributed by atoms with Gasteiger partial charge >= 0.3 is 0 Å². The molecule has 4 rings (SSSR count). The summed E-state index contributed by atoms with van der Waals surface area (Å²) >= 11 is 9.55. The van der Waals surface area contributed by atoms with Crippen molar-refractivity contribution in [2.24, 2.45) is 0 Å². The molecule has 0 amide bonds. The molecule has 146 valence electrons. The summed E-state index contributed by atoms with van der Waals surface area (Å²) in [5, 5.41) is 22.9. The number of anilines is 1. The average molecular weight is 470 g/mol. The van der Waals surface area contributed by atoms with Gasteiger partial charge in [-0.15, -0.1) is 5.10 Å². The number of phenolic OH excluding ortho intramolecular Hbond substituents is 1. The van der Waals surface area contributed by atoms with Crippen LogP contribution in [-0.4, -0.2) is 20.1 Å². The number of benzene rings is 3. The minimum Gasteiger partial charge on any atom is -0.508 e. The van der Waals surface area contributed by atoms with Crippen LogP contribution in [0.1, 0.15) is 11.1 Å². The Bertz CT molecular complexity index is 1080. The van der Waals surface area contributed by atoms with Crippen LogP contribution in [0.3, 0.4) is 0 Å². The summed E-state index contributed by atoms with van der Waals surface area (Å²) in [5.74, 6) is 0.914. The maximum atomic E-state index is 10.2. The maximum absolute atomic E-state index is 10.2. The van der Waals surface area contributed by atoms with Gasteiger partial charge in [0.05, 0.1) is 5.69 Å². The fourth-order valence-corrected chi connectivity index (χ4v) is 3.44. The summed E-state index contributed by atoms with van der Waals surface area (Å²) in [5.41, 5.74) is 4.42. The van der Waals surface area contributed by atoms with Gasteiger partial charge in [-0.1, -0.05) is 62.6 Å². The standard InChI is InChI=1S/C22H18BrClN4O/c1-14-2-4-15(5-3-14)21-22(25-13-16-12-18(24)8-11-20(16)29)28(27-26-21)19-9-6-17(23)7-10-19/h2-12,25,29H,13H2,1H3. The van der Waals surface area contributed by atoms with Gasteiger partial charge in [-0.2, -0.15) is 4.68 Å². The van der Waals surface area contributed by atoms with Gasteiger partial charge in [0.25, 0.3) is 0 Å². The molecule has 0 aliphatic heterocycles. The normalized spacial score (nSPS) is 10.9. The molecule has 3 aromatic carbocycles. The SMILES string of the molecule is Cc1ccc(-c2nnn(-c3ccc(Br)cc3)c2NCc2cc(Cl)ccc2O)cc1. The highest BCUT2D eigenvalue weighted by molar-refractivity contribution is 9.10. The Labute approximate surface area is 182 Å². The third kappa shape index (κ3) is 4.28. The number of hydrogen-bond acceptors (Lipinski definition) is 4. The molecule has 2 N–H and O–H groups in total. The second-order valence-corrected chi connectivity index (χ2v) is 8.02. The van der Waals surface area contributed by atoms with Crippen molar-refractivity contribution < 1.29 is 5.11 Å². The van der Waals surface area contributed by atoms with Crippen molar-refractivity contribution >= 4 is 33.3 Å². The van der Waals surface area contributed by atoms with Gasteiger partial charge in [-0.3, -0.25) is 0 Å². The number of halogens is 2. The van der Waals surface area contributed by atoms with E-state index < -0.39 is 0 Å². The van der Waals surface area contributed by atoms with Crippen molar-refractivity contribution in [3.05, 3.63) is 87.4 Å². The summed E-state index contributed by atoms with van der Waals surface area (Å²) in [6.45, 7) is 2.42. The van der Waals surface area contributed by atoms with Crippen molar-refractivity contribution in [2.45, 2.75) is 13.5 Å². The molecular formula is C22H18BrClN4O. The van der Waals surface area contributed by atoms with Gasteiger partial charge in [-0.05, 0) is 49.4 Å². The molecule has 0 fully saturated rings. The molecular weight excluding hydrogens is 452 g/mol. The van der Waals surface area contributed by atoms with Gasteiger partial charge < -0.3 is 10.4 Å². The van der Waals surface area contributed by atoms with Crippen molar-refractivity contribution in [3.8, 4) is 22.7 Å². The summed E-state index contributed by atoms with van der Waals surface area (Å²) in [6, 6.07) is 20.9. The Kier molecular flexibility index (Phi) is 5.56. The summed E-state index contributed by atoms with van der Waals surface area (Å²) in [6.07, 6.45) is 0. The molecule has 29 heavy (non-hydrogen) atoms. The first-order valence-corrected chi connectivity index (χ1v) is 10.2. The van der Waals surface area contributed by atoms with E-state index in [9.17, 15) is 5.11 Å².